The number of carbonyl (C=O) groups excluding carboxylic acids is 1. The van der Waals surface area contributed by atoms with Gasteiger partial charge in [-0.05, 0) is 64.9 Å². The number of anilines is 1. The van der Waals surface area contributed by atoms with Crippen LogP contribution in [0.15, 0.2) is 41.3 Å². The molecular formula is C34H56N5O6PSi. The summed E-state index contributed by atoms with van der Waals surface area (Å²) in [7, 11) is -3.77. The minimum atomic E-state index is -2.30. The summed E-state index contributed by atoms with van der Waals surface area (Å²) in [5.41, 5.74) is 0.539. The lowest BCUT2D eigenvalue weighted by Crippen LogP contribution is -2.47. The summed E-state index contributed by atoms with van der Waals surface area (Å²) >= 11 is 0. The number of amides is 1. The average Bonchev–Trinajstić information content (AvgIpc) is 3.26. The van der Waals surface area contributed by atoms with E-state index in [0.717, 1.165) is 0 Å². The standard InChI is InChI=1S/C33H52N5O6PSi.CH4/c1-22(2)38(23(3)4)45(41-19-18-34-10)42-21-27-25(6)28(44-46(11,12)33(7,8)9)31(43-27)37-20-24(5)29(36-32(37)40)35-30(39)26-16-14-13-15-17-26;/h13-17,20,22-23,25,27-28,31H,18-19,21H2,1-9,11-12H3,(H,35,36,39,40);1H4/t25-,27-,28-,31-,45?;/m1./s1. The van der Waals surface area contributed by atoms with Gasteiger partial charge in [0, 0.05) is 35.3 Å². The monoisotopic (exact) mass is 689 g/mol. The fourth-order valence-corrected chi connectivity index (χ4v) is 8.01. The second-order valence-corrected chi connectivity index (χ2v) is 20.1. The van der Waals surface area contributed by atoms with Crippen LogP contribution in [0.2, 0.25) is 18.1 Å². The van der Waals surface area contributed by atoms with Crippen molar-refractivity contribution in [2.24, 2.45) is 5.92 Å². The highest BCUT2D eigenvalue weighted by molar-refractivity contribution is 7.44. The van der Waals surface area contributed by atoms with E-state index in [-0.39, 0.29) is 62.0 Å². The fourth-order valence-electron chi connectivity index (χ4n) is 5.04. The zero-order chi connectivity index (χ0) is 34.4. The molecule has 1 unspecified atom stereocenters. The van der Waals surface area contributed by atoms with E-state index in [2.05, 4.69) is 88.3 Å². The maximum atomic E-state index is 13.6. The smallest absolute Gasteiger partial charge is 0.351 e. The van der Waals surface area contributed by atoms with E-state index in [9.17, 15) is 9.59 Å². The van der Waals surface area contributed by atoms with Crippen molar-refractivity contribution in [3.63, 3.8) is 0 Å². The number of benzene rings is 1. The molecule has 1 aromatic carbocycles. The molecule has 1 aliphatic heterocycles. The van der Waals surface area contributed by atoms with Crippen molar-refractivity contribution in [2.45, 2.75) is 118 Å². The lowest BCUT2D eigenvalue weighted by molar-refractivity contribution is -0.0492. The molecule has 0 radical (unpaired) electrons. The van der Waals surface area contributed by atoms with E-state index in [1.807, 2.05) is 6.07 Å². The van der Waals surface area contributed by atoms with E-state index in [1.54, 1.807) is 37.4 Å². The van der Waals surface area contributed by atoms with Crippen molar-refractivity contribution in [3.05, 3.63) is 69.6 Å². The van der Waals surface area contributed by atoms with Gasteiger partial charge < -0.3 is 28.4 Å². The summed E-state index contributed by atoms with van der Waals surface area (Å²) in [5, 5.41) is 2.70. The Morgan fingerprint density at radius 2 is 1.79 bits per heavy atom. The first kappa shape index (κ1) is 40.7. The number of nitrogens with one attached hydrogen (secondary N) is 1. The minimum absolute atomic E-state index is 0. The molecule has 0 aliphatic carbocycles. The van der Waals surface area contributed by atoms with Crippen molar-refractivity contribution in [1.82, 2.24) is 14.2 Å². The first-order valence-corrected chi connectivity index (χ1v) is 20.0. The van der Waals surface area contributed by atoms with Gasteiger partial charge in [0.1, 0.15) is 12.4 Å². The fraction of sp³-hybridized carbons (Fsp3) is 0.647. The number of hydrogen-bond acceptors (Lipinski definition) is 8. The third kappa shape index (κ3) is 10.3. The SMILES string of the molecule is C.[C-]#[N+]CCOP(OC[C@H]1O[C@@H](n2cc(C)c(NC(=O)c3ccccc3)nc2=O)[C@H](O[Si](C)(C)C(C)(C)C)[C@@H]1C)N(C(C)C)C(C)C. The highest BCUT2D eigenvalue weighted by Gasteiger charge is 2.50. The van der Waals surface area contributed by atoms with E-state index < -0.39 is 41.0 Å². The van der Waals surface area contributed by atoms with Gasteiger partial charge in [-0.3, -0.25) is 9.36 Å². The highest BCUT2D eigenvalue weighted by Crippen LogP contribution is 2.48. The quantitative estimate of drug-likeness (QED) is 0.0933. The maximum Gasteiger partial charge on any atom is 0.351 e. The molecule has 1 aromatic heterocycles. The Hall–Kier alpha value is -2.49. The van der Waals surface area contributed by atoms with Crippen molar-refractivity contribution in [3.8, 4) is 0 Å². The second kappa shape index (κ2) is 17.2. The summed E-state index contributed by atoms with van der Waals surface area (Å²) < 4.78 is 29.8. The Labute approximate surface area is 284 Å². The van der Waals surface area contributed by atoms with Crippen molar-refractivity contribution >= 4 is 28.6 Å². The van der Waals surface area contributed by atoms with Crippen LogP contribution in [-0.2, 0) is 18.2 Å². The molecule has 0 bridgehead atoms. The van der Waals surface area contributed by atoms with Crippen LogP contribution in [0.1, 0.15) is 85.0 Å². The average molecular weight is 690 g/mol. The summed E-state index contributed by atoms with van der Waals surface area (Å²) in [6.07, 6.45) is 0.0766. The normalized spacial score (nSPS) is 20.7. The molecule has 1 saturated heterocycles. The van der Waals surface area contributed by atoms with Gasteiger partial charge in [-0.1, -0.05) is 53.3 Å². The topological polar surface area (TPSA) is 109 Å². The Bertz CT molecular complexity index is 1400. The van der Waals surface area contributed by atoms with Gasteiger partial charge in [0.05, 0.1) is 18.8 Å². The highest BCUT2D eigenvalue weighted by atomic mass is 31.2. The van der Waals surface area contributed by atoms with Crippen LogP contribution in [0, 0.1) is 19.4 Å². The van der Waals surface area contributed by atoms with Gasteiger partial charge in [-0.15, -0.1) is 0 Å². The number of ether oxygens (including phenoxy) is 1. The number of aromatic nitrogens is 2. The number of rotatable bonds is 14. The Morgan fingerprint density at radius 1 is 1.17 bits per heavy atom. The third-order valence-corrected chi connectivity index (χ3v) is 15.2. The van der Waals surface area contributed by atoms with Gasteiger partial charge in [0.15, 0.2) is 14.5 Å². The number of aryl methyl sites for hydroxylation is 1. The zero-order valence-electron chi connectivity index (χ0n) is 29.2. The van der Waals surface area contributed by atoms with Gasteiger partial charge in [-0.25, -0.2) is 16.0 Å². The molecule has 2 heterocycles. The summed E-state index contributed by atoms with van der Waals surface area (Å²) in [5.74, 6) is -0.273. The molecule has 262 valence electrons. The molecule has 0 spiro atoms. The molecule has 1 fully saturated rings. The van der Waals surface area contributed by atoms with Crippen LogP contribution in [0.25, 0.3) is 4.85 Å². The van der Waals surface area contributed by atoms with Crippen LogP contribution < -0.4 is 11.0 Å². The molecular weight excluding hydrogens is 633 g/mol. The Morgan fingerprint density at radius 3 is 2.34 bits per heavy atom. The Kier molecular flexibility index (Phi) is 14.9. The van der Waals surface area contributed by atoms with E-state index in [0.29, 0.717) is 11.1 Å². The number of hydrogen-bond donors (Lipinski definition) is 1. The van der Waals surface area contributed by atoms with Gasteiger partial charge in [0.25, 0.3) is 14.4 Å². The molecule has 1 amide bonds. The van der Waals surface area contributed by atoms with Crippen LogP contribution in [-0.4, -0.2) is 72.5 Å². The van der Waals surface area contributed by atoms with E-state index >= 15 is 0 Å². The molecule has 13 heteroatoms. The molecule has 2 aromatic rings. The molecule has 1 aliphatic rings. The first-order chi connectivity index (χ1) is 21.5. The van der Waals surface area contributed by atoms with Crippen LogP contribution >= 0.6 is 8.53 Å². The maximum absolute atomic E-state index is 13.6. The summed E-state index contributed by atoms with van der Waals surface area (Å²) in [6.45, 7) is 31.1. The van der Waals surface area contributed by atoms with Crippen LogP contribution in [0.3, 0.4) is 0 Å². The molecule has 5 atom stereocenters. The third-order valence-electron chi connectivity index (χ3n) is 8.61. The van der Waals surface area contributed by atoms with E-state index in [1.165, 1.54) is 4.57 Å². The molecule has 1 N–H and O–H groups in total. The van der Waals surface area contributed by atoms with Gasteiger partial charge in [-0.2, -0.15) is 4.98 Å². The van der Waals surface area contributed by atoms with Crippen molar-refractivity contribution in [2.75, 3.05) is 25.1 Å². The summed E-state index contributed by atoms with van der Waals surface area (Å²) in [6, 6.07) is 9.12. The minimum Gasteiger partial charge on any atom is -0.409 e. The number of nitrogens with zero attached hydrogens (tertiary/aromatic N) is 4. The second-order valence-electron chi connectivity index (χ2n) is 13.9. The van der Waals surface area contributed by atoms with Crippen LogP contribution in [0.5, 0.6) is 0 Å². The van der Waals surface area contributed by atoms with Crippen molar-refractivity contribution in [1.29, 1.82) is 0 Å². The lowest BCUT2D eigenvalue weighted by atomic mass is 10.0. The first-order valence-electron chi connectivity index (χ1n) is 15.9. The van der Waals surface area contributed by atoms with E-state index in [4.69, 9.17) is 24.8 Å². The van der Waals surface area contributed by atoms with Crippen molar-refractivity contribution < 1.29 is 23.0 Å². The zero-order valence-corrected chi connectivity index (χ0v) is 31.1. The largest absolute Gasteiger partial charge is 0.409 e. The molecule has 3 rings (SSSR count). The Balaban J connectivity index is 0.00000768. The predicted octanol–water partition coefficient (Wildman–Crippen LogP) is 7.66. The number of carbonyl (C=O) groups is 1. The molecule has 47 heavy (non-hydrogen) atoms. The summed E-state index contributed by atoms with van der Waals surface area (Å²) in [4.78, 5) is 34.1. The van der Waals surface area contributed by atoms with Gasteiger partial charge >= 0.3 is 5.69 Å². The molecule has 11 nitrogen and oxygen atoms in total. The lowest BCUT2D eigenvalue weighted by Gasteiger charge is -2.40. The molecule has 0 saturated carbocycles. The van der Waals surface area contributed by atoms with Crippen LogP contribution in [0.4, 0.5) is 5.82 Å². The van der Waals surface area contributed by atoms with Gasteiger partial charge in [0.2, 0.25) is 6.54 Å². The predicted molar refractivity (Wildman–Crippen MR) is 192 cm³/mol.